The van der Waals surface area contributed by atoms with Crippen molar-refractivity contribution >= 4 is 17.9 Å². The minimum atomic E-state index is -0.758. The molecule has 1 unspecified atom stereocenters. The van der Waals surface area contributed by atoms with E-state index < -0.39 is 6.10 Å². The van der Waals surface area contributed by atoms with E-state index in [0.717, 1.165) is 63.7 Å². The molecular formula is C42H80O6. The van der Waals surface area contributed by atoms with E-state index in [2.05, 4.69) is 27.7 Å². The summed E-state index contributed by atoms with van der Waals surface area (Å²) in [5, 5.41) is 0. The maximum Gasteiger partial charge on any atom is 0.306 e. The average molecular weight is 681 g/mol. The summed E-state index contributed by atoms with van der Waals surface area (Å²) in [7, 11) is 0. The lowest BCUT2D eigenvalue weighted by atomic mass is 10.00. The van der Waals surface area contributed by atoms with E-state index in [0.29, 0.717) is 19.3 Å². The maximum absolute atomic E-state index is 12.6. The lowest BCUT2D eigenvalue weighted by molar-refractivity contribution is -0.167. The number of carbonyl (C=O) groups excluding carboxylic acids is 3. The molecule has 0 aliphatic carbocycles. The molecular weight excluding hydrogens is 600 g/mol. The van der Waals surface area contributed by atoms with Crippen LogP contribution in [0.1, 0.15) is 227 Å². The van der Waals surface area contributed by atoms with Gasteiger partial charge in [0.1, 0.15) is 13.2 Å². The highest BCUT2D eigenvalue weighted by molar-refractivity contribution is 5.71. The Hall–Kier alpha value is -1.59. The van der Waals surface area contributed by atoms with Crippen LogP contribution in [0.4, 0.5) is 0 Å². The molecule has 0 aromatic rings. The lowest BCUT2D eigenvalue weighted by Crippen LogP contribution is -2.30. The number of carbonyl (C=O) groups is 3. The van der Waals surface area contributed by atoms with E-state index in [1.54, 1.807) is 0 Å². The summed E-state index contributed by atoms with van der Waals surface area (Å²) in [4.78, 5) is 37.5. The fourth-order valence-corrected chi connectivity index (χ4v) is 6.06. The molecule has 6 nitrogen and oxygen atoms in total. The highest BCUT2D eigenvalue weighted by Gasteiger charge is 2.19. The van der Waals surface area contributed by atoms with Crippen molar-refractivity contribution in [2.24, 2.45) is 5.92 Å². The van der Waals surface area contributed by atoms with Gasteiger partial charge in [0.2, 0.25) is 0 Å². The molecule has 48 heavy (non-hydrogen) atoms. The third-order valence-corrected chi connectivity index (χ3v) is 9.65. The number of hydrogen-bond donors (Lipinski definition) is 0. The molecule has 0 spiro atoms. The van der Waals surface area contributed by atoms with Gasteiger partial charge in [0, 0.05) is 19.3 Å². The standard InChI is InChI=1S/C42H80O6/c1-5-8-10-12-14-16-17-19-20-25-29-33-40(43)46-36-39(48-42(45)35-31-27-21-18-15-13-11-9-6-2)37-47-41(44)34-30-26-23-22-24-28-32-38(4)7-3/h38-39H,5-37H2,1-4H3/t38?,39-/m0/s1. The molecule has 6 heteroatoms. The number of ether oxygens (including phenoxy) is 3. The van der Waals surface area contributed by atoms with Gasteiger partial charge in [-0.2, -0.15) is 0 Å². The Morgan fingerprint density at radius 2 is 0.729 bits per heavy atom. The molecule has 0 saturated heterocycles. The van der Waals surface area contributed by atoms with Crippen molar-refractivity contribution in [3.63, 3.8) is 0 Å². The first-order chi connectivity index (χ1) is 23.4. The van der Waals surface area contributed by atoms with Crippen molar-refractivity contribution in [2.75, 3.05) is 13.2 Å². The van der Waals surface area contributed by atoms with Crippen LogP contribution in [-0.4, -0.2) is 37.2 Å². The predicted molar refractivity (Wildman–Crippen MR) is 201 cm³/mol. The van der Waals surface area contributed by atoms with Crippen molar-refractivity contribution in [2.45, 2.75) is 233 Å². The zero-order chi connectivity index (χ0) is 35.3. The molecule has 0 saturated carbocycles. The Morgan fingerprint density at radius 3 is 1.08 bits per heavy atom. The van der Waals surface area contributed by atoms with Crippen molar-refractivity contribution in [3.05, 3.63) is 0 Å². The third-order valence-electron chi connectivity index (χ3n) is 9.65. The zero-order valence-corrected chi connectivity index (χ0v) is 32.4. The second-order valence-electron chi connectivity index (χ2n) is 14.5. The molecule has 0 fully saturated rings. The van der Waals surface area contributed by atoms with Crippen LogP contribution in [0.2, 0.25) is 0 Å². The normalized spacial score (nSPS) is 12.5. The van der Waals surface area contributed by atoms with E-state index in [9.17, 15) is 14.4 Å². The van der Waals surface area contributed by atoms with Crippen LogP contribution in [-0.2, 0) is 28.6 Å². The molecule has 284 valence electrons. The van der Waals surface area contributed by atoms with E-state index >= 15 is 0 Å². The highest BCUT2D eigenvalue weighted by Crippen LogP contribution is 2.16. The minimum Gasteiger partial charge on any atom is -0.462 e. The molecule has 0 aliphatic rings. The topological polar surface area (TPSA) is 78.9 Å². The Morgan fingerprint density at radius 1 is 0.417 bits per heavy atom. The van der Waals surface area contributed by atoms with Crippen LogP contribution in [0.15, 0.2) is 0 Å². The second-order valence-corrected chi connectivity index (χ2v) is 14.5. The van der Waals surface area contributed by atoms with Gasteiger partial charge in [-0.3, -0.25) is 14.4 Å². The number of hydrogen-bond acceptors (Lipinski definition) is 6. The highest BCUT2D eigenvalue weighted by atomic mass is 16.6. The van der Waals surface area contributed by atoms with Gasteiger partial charge in [0.25, 0.3) is 0 Å². The Bertz CT molecular complexity index is 723. The summed E-state index contributed by atoms with van der Waals surface area (Å²) in [5.74, 6) is -0.0511. The van der Waals surface area contributed by atoms with Crippen LogP contribution in [0, 0.1) is 5.92 Å². The molecule has 0 heterocycles. The quantitative estimate of drug-likeness (QED) is 0.0369. The molecule has 0 aliphatic heterocycles. The Kier molecular flexibility index (Phi) is 35.5. The molecule has 0 N–H and O–H groups in total. The van der Waals surface area contributed by atoms with E-state index in [4.69, 9.17) is 14.2 Å². The van der Waals surface area contributed by atoms with Gasteiger partial charge in [-0.15, -0.1) is 0 Å². The molecule has 2 atom stereocenters. The molecule has 0 rings (SSSR count). The monoisotopic (exact) mass is 681 g/mol. The van der Waals surface area contributed by atoms with Gasteiger partial charge in [-0.25, -0.2) is 0 Å². The summed E-state index contributed by atoms with van der Waals surface area (Å²) >= 11 is 0. The van der Waals surface area contributed by atoms with Crippen molar-refractivity contribution in [3.8, 4) is 0 Å². The molecule has 0 aromatic heterocycles. The van der Waals surface area contributed by atoms with Crippen LogP contribution >= 0.6 is 0 Å². The summed E-state index contributed by atoms with van der Waals surface area (Å²) in [6.07, 6.45) is 33.7. The van der Waals surface area contributed by atoms with Gasteiger partial charge >= 0.3 is 17.9 Å². The van der Waals surface area contributed by atoms with Crippen LogP contribution in [0.25, 0.3) is 0 Å². The van der Waals surface area contributed by atoms with Crippen LogP contribution in [0.5, 0.6) is 0 Å². The number of unbranched alkanes of at least 4 members (excludes halogenated alkanes) is 23. The number of rotatable bonds is 37. The average Bonchev–Trinajstić information content (AvgIpc) is 3.08. The smallest absolute Gasteiger partial charge is 0.306 e. The van der Waals surface area contributed by atoms with E-state index in [1.807, 2.05) is 0 Å². The van der Waals surface area contributed by atoms with E-state index in [-0.39, 0.29) is 31.1 Å². The van der Waals surface area contributed by atoms with Crippen molar-refractivity contribution < 1.29 is 28.6 Å². The second kappa shape index (κ2) is 36.7. The Labute approximate surface area is 298 Å². The van der Waals surface area contributed by atoms with Crippen molar-refractivity contribution in [1.29, 1.82) is 0 Å². The third kappa shape index (κ3) is 34.3. The minimum absolute atomic E-state index is 0.0652. The van der Waals surface area contributed by atoms with Gasteiger partial charge in [-0.05, 0) is 25.2 Å². The predicted octanol–water partition coefficient (Wildman–Crippen LogP) is 12.8. The molecule has 0 aromatic carbocycles. The zero-order valence-electron chi connectivity index (χ0n) is 32.4. The first-order valence-corrected chi connectivity index (χ1v) is 20.9. The lowest BCUT2D eigenvalue weighted by Gasteiger charge is -2.18. The summed E-state index contributed by atoms with van der Waals surface area (Å²) in [6, 6.07) is 0. The SMILES string of the molecule is CCCCCCCCCCCCCC(=O)OC[C@@H](COC(=O)CCCCCCCCC(C)CC)OC(=O)CCCCCCCCCCC. The largest absolute Gasteiger partial charge is 0.462 e. The van der Waals surface area contributed by atoms with Gasteiger partial charge in [0.05, 0.1) is 0 Å². The van der Waals surface area contributed by atoms with E-state index in [1.165, 1.54) is 122 Å². The Balaban J connectivity index is 4.35. The molecule has 0 bridgehead atoms. The van der Waals surface area contributed by atoms with Crippen LogP contribution < -0.4 is 0 Å². The molecule has 0 radical (unpaired) electrons. The fourth-order valence-electron chi connectivity index (χ4n) is 6.06. The summed E-state index contributed by atoms with van der Waals surface area (Å²) in [6.45, 7) is 8.92. The van der Waals surface area contributed by atoms with Crippen LogP contribution in [0.3, 0.4) is 0 Å². The van der Waals surface area contributed by atoms with Gasteiger partial charge < -0.3 is 14.2 Å². The fraction of sp³-hybridized carbons (Fsp3) is 0.929. The number of esters is 3. The van der Waals surface area contributed by atoms with Gasteiger partial charge in [-0.1, -0.05) is 188 Å². The summed E-state index contributed by atoms with van der Waals surface area (Å²) < 4.78 is 16.6. The first kappa shape index (κ1) is 46.4. The van der Waals surface area contributed by atoms with Crippen molar-refractivity contribution in [1.82, 2.24) is 0 Å². The van der Waals surface area contributed by atoms with Gasteiger partial charge in [0.15, 0.2) is 6.10 Å². The summed E-state index contributed by atoms with van der Waals surface area (Å²) in [5.41, 5.74) is 0. The molecule has 0 amide bonds. The maximum atomic E-state index is 12.6. The first-order valence-electron chi connectivity index (χ1n) is 20.9.